The van der Waals surface area contributed by atoms with Gasteiger partial charge in [0.25, 0.3) is 5.91 Å². The summed E-state index contributed by atoms with van der Waals surface area (Å²) in [6.07, 6.45) is 6.72. The normalized spacial score (nSPS) is 25.4. The standard InChI is InChI=1S/C25H24ClIN2O/c1-24-9-12-25(13-10-24,14-11-24)29-23(30)20-18-15-17(27)7-8-19(18)28-22(21(20)26)16-5-3-2-4-6-16/h2-8,15H,9-14H2,1H3,(H,29,30). The van der Waals surface area contributed by atoms with Gasteiger partial charge < -0.3 is 5.32 Å². The largest absolute Gasteiger partial charge is 0.347 e. The number of carbonyl (C=O) groups is 1. The number of pyridine rings is 1. The molecule has 3 aromatic rings. The average Bonchev–Trinajstić information content (AvgIpc) is 2.75. The van der Waals surface area contributed by atoms with Gasteiger partial charge >= 0.3 is 0 Å². The van der Waals surface area contributed by atoms with Gasteiger partial charge in [0, 0.05) is 20.1 Å². The van der Waals surface area contributed by atoms with Crippen LogP contribution in [-0.2, 0) is 0 Å². The zero-order valence-corrected chi connectivity index (χ0v) is 19.9. The summed E-state index contributed by atoms with van der Waals surface area (Å²) in [5, 5.41) is 4.68. The minimum Gasteiger partial charge on any atom is -0.347 e. The Morgan fingerprint density at radius 3 is 2.37 bits per heavy atom. The van der Waals surface area contributed by atoms with Crippen LogP contribution in [0, 0.1) is 8.99 Å². The lowest BCUT2D eigenvalue weighted by Gasteiger charge is -2.52. The van der Waals surface area contributed by atoms with E-state index in [0.29, 0.717) is 21.7 Å². The van der Waals surface area contributed by atoms with Gasteiger partial charge in [0.2, 0.25) is 0 Å². The molecule has 0 radical (unpaired) electrons. The van der Waals surface area contributed by atoms with E-state index in [2.05, 4.69) is 34.8 Å². The molecule has 0 aliphatic heterocycles. The van der Waals surface area contributed by atoms with Crippen LogP contribution in [0.25, 0.3) is 22.2 Å². The van der Waals surface area contributed by atoms with Crippen LogP contribution in [0.5, 0.6) is 0 Å². The summed E-state index contributed by atoms with van der Waals surface area (Å²) >= 11 is 9.15. The van der Waals surface area contributed by atoms with Crippen LogP contribution < -0.4 is 5.32 Å². The summed E-state index contributed by atoms with van der Waals surface area (Å²) in [7, 11) is 0. The van der Waals surface area contributed by atoms with Crippen molar-refractivity contribution in [3.05, 3.63) is 62.7 Å². The Balaban J connectivity index is 1.61. The molecule has 154 valence electrons. The van der Waals surface area contributed by atoms with Crippen molar-refractivity contribution in [1.29, 1.82) is 0 Å². The third-order valence-electron chi connectivity index (χ3n) is 7.16. The number of carbonyl (C=O) groups excluding carboxylic acids is 1. The first-order valence-corrected chi connectivity index (χ1v) is 12.0. The fraction of sp³-hybridized carbons (Fsp3) is 0.360. The number of amides is 1. The lowest BCUT2D eigenvalue weighted by atomic mass is 9.58. The lowest BCUT2D eigenvalue weighted by molar-refractivity contribution is 0.0340. The highest BCUT2D eigenvalue weighted by Crippen LogP contribution is 2.52. The third kappa shape index (κ3) is 3.52. The summed E-state index contributed by atoms with van der Waals surface area (Å²) in [5.74, 6) is -0.0721. The quantitative estimate of drug-likeness (QED) is 0.370. The Morgan fingerprint density at radius 1 is 1.03 bits per heavy atom. The average molecular weight is 531 g/mol. The molecule has 30 heavy (non-hydrogen) atoms. The maximum Gasteiger partial charge on any atom is 0.253 e. The second kappa shape index (κ2) is 7.49. The lowest BCUT2D eigenvalue weighted by Crippen LogP contribution is -2.56. The van der Waals surface area contributed by atoms with E-state index in [1.807, 2.05) is 48.5 Å². The molecule has 1 amide bonds. The molecule has 0 unspecified atom stereocenters. The molecule has 1 aromatic heterocycles. The van der Waals surface area contributed by atoms with E-state index in [9.17, 15) is 4.79 Å². The molecule has 1 heterocycles. The Hall–Kier alpha value is -1.66. The zero-order valence-electron chi connectivity index (χ0n) is 17.0. The van der Waals surface area contributed by atoms with E-state index < -0.39 is 0 Å². The van der Waals surface area contributed by atoms with E-state index in [0.717, 1.165) is 39.3 Å². The number of hydrogen-bond acceptors (Lipinski definition) is 2. The molecule has 5 heteroatoms. The van der Waals surface area contributed by atoms with Crippen LogP contribution in [0.15, 0.2) is 48.5 Å². The Morgan fingerprint density at radius 2 is 1.70 bits per heavy atom. The Kier molecular flexibility index (Phi) is 5.05. The monoisotopic (exact) mass is 530 g/mol. The molecular formula is C25H24ClIN2O. The molecule has 1 N–H and O–H groups in total. The minimum absolute atomic E-state index is 0.0721. The van der Waals surface area contributed by atoms with Gasteiger partial charge in [-0.3, -0.25) is 4.79 Å². The molecule has 3 aliphatic carbocycles. The van der Waals surface area contributed by atoms with E-state index >= 15 is 0 Å². The van der Waals surface area contributed by atoms with Crippen molar-refractivity contribution >= 4 is 51.0 Å². The highest BCUT2D eigenvalue weighted by Gasteiger charge is 2.47. The predicted octanol–water partition coefficient (Wildman–Crippen LogP) is 7.00. The van der Waals surface area contributed by atoms with Crippen molar-refractivity contribution in [2.75, 3.05) is 0 Å². The van der Waals surface area contributed by atoms with Crippen LogP contribution >= 0.6 is 34.2 Å². The van der Waals surface area contributed by atoms with Gasteiger partial charge in [0.1, 0.15) is 0 Å². The molecule has 3 aliphatic rings. The van der Waals surface area contributed by atoms with Gasteiger partial charge in [-0.15, -0.1) is 0 Å². The summed E-state index contributed by atoms with van der Waals surface area (Å²) in [6.45, 7) is 2.39. The van der Waals surface area contributed by atoms with Gasteiger partial charge in [-0.25, -0.2) is 4.98 Å². The molecule has 2 bridgehead atoms. The van der Waals surface area contributed by atoms with Crippen LogP contribution in [0.2, 0.25) is 5.02 Å². The van der Waals surface area contributed by atoms with Crippen molar-refractivity contribution in [3.63, 3.8) is 0 Å². The summed E-state index contributed by atoms with van der Waals surface area (Å²) < 4.78 is 1.06. The molecule has 0 saturated heterocycles. The maximum absolute atomic E-state index is 13.7. The fourth-order valence-electron chi connectivity index (χ4n) is 5.09. The first kappa shape index (κ1) is 20.3. The van der Waals surface area contributed by atoms with Crippen molar-refractivity contribution in [3.8, 4) is 11.3 Å². The summed E-state index contributed by atoms with van der Waals surface area (Å²) in [5.41, 5.74) is 3.29. The maximum atomic E-state index is 13.7. The second-order valence-electron chi connectivity index (χ2n) is 9.22. The number of nitrogens with zero attached hydrogens (tertiary/aromatic N) is 1. The highest BCUT2D eigenvalue weighted by molar-refractivity contribution is 14.1. The number of aromatic nitrogens is 1. The molecule has 0 spiro atoms. The summed E-state index contributed by atoms with van der Waals surface area (Å²) in [6, 6.07) is 15.9. The number of rotatable bonds is 3. The number of benzene rings is 2. The number of fused-ring (bicyclic) bond motifs is 4. The van der Waals surface area contributed by atoms with E-state index in [-0.39, 0.29) is 11.4 Å². The van der Waals surface area contributed by atoms with Crippen molar-refractivity contribution in [1.82, 2.24) is 10.3 Å². The number of halogens is 2. The molecule has 6 rings (SSSR count). The molecular weight excluding hydrogens is 507 g/mol. The third-order valence-corrected chi connectivity index (χ3v) is 8.20. The van der Waals surface area contributed by atoms with Crippen LogP contribution in [0.3, 0.4) is 0 Å². The SMILES string of the molecule is CC12CCC(NC(=O)c3c(Cl)c(-c4ccccc4)nc4ccc(I)cc34)(CC1)CC2. The summed E-state index contributed by atoms with van der Waals surface area (Å²) in [4.78, 5) is 18.5. The molecule has 3 saturated carbocycles. The van der Waals surface area contributed by atoms with Gasteiger partial charge in [0.05, 0.1) is 21.8 Å². The molecule has 3 fully saturated rings. The number of nitrogens with one attached hydrogen (secondary N) is 1. The first-order valence-electron chi connectivity index (χ1n) is 10.5. The van der Waals surface area contributed by atoms with E-state index in [1.54, 1.807) is 0 Å². The molecule has 0 atom stereocenters. The van der Waals surface area contributed by atoms with Gasteiger partial charge in [0.15, 0.2) is 0 Å². The molecule has 2 aromatic carbocycles. The first-order chi connectivity index (χ1) is 14.4. The van der Waals surface area contributed by atoms with Crippen LogP contribution in [0.4, 0.5) is 0 Å². The predicted molar refractivity (Wildman–Crippen MR) is 131 cm³/mol. The fourth-order valence-corrected chi connectivity index (χ4v) is 5.92. The van der Waals surface area contributed by atoms with E-state index in [4.69, 9.17) is 16.6 Å². The smallest absolute Gasteiger partial charge is 0.253 e. The van der Waals surface area contributed by atoms with Gasteiger partial charge in [-0.1, -0.05) is 48.9 Å². The number of hydrogen-bond donors (Lipinski definition) is 1. The highest BCUT2D eigenvalue weighted by atomic mass is 127. The van der Waals surface area contributed by atoms with Crippen molar-refractivity contribution < 1.29 is 4.79 Å². The topological polar surface area (TPSA) is 42.0 Å². The van der Waals surface area contributed by atoms with Gasteiger partial charge in [-0.2, -0.15) is 0 Å². The second-order valence-corrected chi connectivity index (χ2v) is 10.8. The zero-order chi connectivity index (χ0) is 20.9. The van der Waals surface area contributed by atoms with E-state index in [1.165, 1.54) is 19.3 Å². The molecule has 3 nitrogen and oxygen atoms in total. The van der Waals surface area contributed by atoms with Crippen molar-refractivity contribution in [2.24, 2.45) is 5.41 Å². The minimum atomic E-state index is -0.0946. The van der Waals surface area contributed by atoms with Gasteiger partial charge in [-0.05, 0) is 84.7 Å². The van der Waals surface area contributed by atoms with Crippen LogP contribution in [0.1, 0.15) is 55.8 Å². The Bertz CT molecular complexity index is 1120. The Labute approximate surface area is 195 Å². The van der Waals surface area contributed by atoms with Crippen molar-refractivity contribution in [2.45, 2.75) is 51.0 Å². The van der Waals surface area contributed by atoms with Crippen LogP contribution in [-0.4, -0.2) is 16.4 Å².